The fraction of sp³-hybridized carbons (Fsp3) is 0.158. The molecule has 1 aliphatic heterocycles. The lowest BCUT2D eigenvalue weighted by Gasteiger charge is -2.36. The Bertz CT molecular complexity index is 882. The molecular weight excluding hydrogens is 300 g/mol. The van der Waals surface area contributed by atoms with Gasteiger partial charge < -0.3 is 14.9 Å². The molecule has 0 fully saturated rings. The maximum Gasteiger partial charge on any atom is 0.158 e. The summed E-state index contributed by atoms with van der Waals surface area (Å²) in [6, 6.07) is 15.5. The average Bonchev–Trinajstić information content (AvgIpc) is 2.65. The van der Waals surface area contributed by atoms with Crippen molar-refractivity contribution in [1.29, 1.82) is 0 Å². The second-order valence-electron chi connectivity index (χ2n) is 5.85. The van der Waals surface area contributed by atoms with Gasteiger partial charge in [0, 0.05) is 32.1 Å². The Morgan fingerprint density at radius 1 is 0.833 bits per heavy atom. The van der Waals surface area contributed by atoms with Gasteiger partial charge in [0.25, 0.3) is 0 Å². The molecule has 4 rings (SSSR count). The Morgan fingerprint density at radius 2 is 1.58 bits per heavy atom. The first-order chi connectivity index (χ1) is 11.7. The summed E-state index contributed by atoms with van der Waals surface area (Å²) in [6.45, 7) is 0. The minimum atomic E-state index is -0.711. The van der Waals surface area contributed by atoms with Crippen molar-refractivity contribution in [2.75, 3.05) is 23.9 Å². The highest BCUT2D eigenvalue weighted by atomic mass is 16.3. The molecule has 3 heterocycles. The minimum Gasteiger partial charge on any atom is -0.384 e. The molecule has 0 spiro atoms. The van der Waals surface area contributed by atoms with Gasteiger partial charge in [0.15, 0.2) is 11.6 Å². The zero-order chi connectivity index (χ0) is 16.7. The Hall–Kier alpha value is -2.92. The van der Waals surface area contributed by atoms with Gasteiger partial charge in [0.1, 0.15) is 6.10 Å². The van der Waals surface area contributed by atoms with Gasteiger partial charge in [0.05, 0.1) is 11.4 Å². The van der Waals surface area contributed by atoms with Crippen molar-refractivity contribution < 1.29 is 5.11 Å². The van der Waals surface area contributed by atoms with Crippen molar-refractivity contribution in [3.05, 3.63) is 72.1 Å². The fourth-order valence-electron chi connectivity index (χ4n) is 3.21. The Labute approximate surface area is 140 Å². The Kier molecular flexibility index (Phi) is 3.43. The molecule has 2 aromatic heterocycles. The summed E-state index contributed by atoms with van der Waals surface area (Å²) in [5.41, 5.74) is 3.58. The molecule has 0 radical (unpaired) electrons. The van der Waals surface area contributed by atoms with Gasteiger partial charge in [0.2, 0.25) is 0 Å². The van der Waals surface area contributed by atoms with Gasteiger partial charge in [-0.3, -0.25) is 0 Å². The predicted octanol–water partition coefficient (Wildman–Crippen LogP) is 3.41. The quantitative estimate of drug-likeness (QED) is 0.785. The van der Waals surface area contributed by atoms with Gasteiger partial charge in [-0.15, -0.1) is 0 Å². The third kappa shape index (κ3) is 2.13. The lowest BCUT2D eigenvalue weighted by molar-refractivity contribution is 0.220. The van der Waals surface area contributed by atoms with Crippen LogP contribution in [0.1, 0.15) is 17.2 Å². The molecule has 0 saturated carbocycles. The molecular formula is C19H18N4O. The van der Waals surface area contributed by atoms with E-state index in [-0.39, 0.29) is 0 Å². The van der Waals surface area contributed by atoms with Crippen LogP contribution in [0, 0.1) is 0 Å². The van der Waals surface area contributed by atoms with E-state index in [4.69, 9.17) is 0 Å². The molecule has 1 atom stereocenters. The first-order valence-electron chi connectivity index (χ1n) is 7.83. The normalized spacial score (nSPS) is 14.1. The molecule has 24 heavy (non-hydrogen) atoms. The molecule has 0 aliphatic carbocycles. The van der Waals surface area contributed by atoms with Crippen LogP contribution in [0.15, 0.2) is 60.9 Å². The van der Waals surface area contributed by atoms with E-state index in [9.17, 15) is 5.11 Å². The van der Waals surface area contributed by atoms with Gasteiger partial charge in [-0.2, -0.15) is 0 Å². The number of aromatic nitrogens is 2. The van der Waals surface area contributed by atoms with Crippen LogP contribution in [0.2, 0.25) is 0 Å². The van der Waals surface area contributed by atoms with Crippen LogP contribution in [0.3, 0.4) is 0 Å². The largest absolute Gasteiger partial charge is 0.384 e. The molecule has 0 bridgehead atoms. The fourth-order valence-corrected chi connectivity index (χ4v) is 3.21. The van der Waals surface area contributed by atoms with Crippen LogP contribution >= 0.6 is 0 Å². The van der Waals surface area contributed by atoms with Crippen LogP contribution in [-0.4, -0.2) is 29.2 Å². The molecule has 1 aromatic carbocycles. The maximum absolute atomic E-state index is 10.9. The number of aliphatic hydroxyl groups is 1. The number of pyridine rings is 2. The Morgan fingerprint density at radius 3 is 2.38 bits per heavy atom. The van der Waals surface area contributed by atoms with Crippen molar-refractivity contribution in [2.45, 2.75) is 6.10 Å². The highest BCUT2D eigenvalue weighted by Gasteiger charge is 2.30. The van der Waals surface area contributed by atoms with Crippen LogP contribution in [0.5, 0.6) is 0 Å². The summed E-state index contributed by atoms with van der Waals surface area (Å²) in [7, 11) is 3.93. The number of aliphatic hydroxyl groups excluding tert-OH is 1. The number of hydrogen-bond acceptors (Lipinski definition) is 5. The Balaban J connectivity index is 1.88. The summed E-state index contributed by atoms with van der Waals surface area (Å²) in [5.74, 6) is 1.64. The number of nitrogens with zero attached hydrogens (tertiary/aromatic N) is 4. The molecule has 1 unspecified atom stereocenters. The number of rotatable bonds is 2. The highest BCUT2D eigenvalue weighted by Crippen LogP contribution is 2.47. The summed E-state index contributed by atoms with van der Waals surface area (Å²) < 4.78 is 0. The zero-order valence-electron chi connectivity index (χ0n) is 13.6. The van der Waals surface area contributed by atoms with Crippen LogP contribution in [-0.2, 0) is 0 Å². The van der Waals surface area contributed by atoms with Gasteiger partial charge in [-0.05, 0) is 23.8 Å². The van der Waals surface area contributed by atoms with E-state index in [1.807, 2.05) is 72.4 Å². The lowest BCUT2D eigenvalue weighted by atomic mass is 9.99. The minimum absolute atomic E-state index is 0.711. The van der Waals surface area contributed by atoms with Crippen molar-refractivity contribution in [3.63, 3.8) is 0 Å². The molecule has 1 N–H and O–H groups in total. The van der Waals surface area contributed by atoms with E-state index in [0.717, 1.165) is 34.1 Å². The third-order valence-corrected chi connectivity index (χ3v) is 4.44. The van der Waals surface area contributed by atoms with Crippen molar-refractivity contribution in [1.82, 2.24) is 9.97 Å². The smallest absolute Gasteiger partial charge is 0.158 e. The molecule has 5 heteroatoms. The van der Waals surface area contributed by atoms with E-state index >= 15 is 0 Å². The number of fused-ring (bicyclic) bond motifs is 2. The highest BCUT2D eigenvalue weighted by molar-refractivity contribution is 5.90. The SMILES string of the molecule is CN1c2ncccc2N(C)c2c(C(O)c3ccccc3)ccnc21. The zero-order valence-corrected chi connectivity index (χ0v) is 13.6. The maximum atomic E-state index is 10.9. The van der Waals surface area contributed by atoms with Crippen molar-refractivity contribution >= 4 is 23.0 Å². The van der Waals surface area contributed by atoms with Crippen molar-refractivity contribution in [3.8, 4) is 0 Å². The molecule has 5 nitrogen and oxygen atoms in total. The van der Waals surface area contributed by atoms with Crippen LogP contribution in [0.4, 0.5) is 23.0 Å². The molecule has 0 amide bonds. The topological polar surface area (TPSA) is 52.5 Å². The van der Waals surface area contributed by atoms with Crippen LogP contribution in [0.25, 0.3) is 0 Å². The first-order valence-corrected chi connectivity index (χ1v) is 7.83. The standard InChI is InChI=1S/C19H18N4O/c1-22-15-9-6-11-20-18(15)23(2)19-16(22)14(10-12-21-19)17(24)13-7-4-3-5-8-13/h3-12,17,24H,1-2H3. The van der Waals surface area contributed by atoms with Gasteiger partial charge in [-0.1, -0.05) is 30.3 Å². The first kappa shape index (κ1) is 14.7. The number of hydrogen-bond donors (Lipinski definition) is 1. The second-order valence-corrected chi connectivity index (χ2v) is 5.85. The number of anilines is 4. The van der Waals surface area contributed by atoms with E-state index < -0.39 is 6.10 Å². The van der Waals surface area contributed by atoms with Crippen LogP contribution < -0.4 is 9.80 Å². The summed E-state index contributed by atoms with van der Waals surface area (Å²) >= 11 is 0. The van der Waals surface area contributed by atoms with E-state index in [2.05, 4.69) is 9.97 Å². The molecule has 0 saturated heterocycles. The van der Waals surface area contributed by atoms with Crippen molar-refractivity contribution in [2.24, 2.45) is 0 Å². The van der Waals surface area contributed by atoms with E-state index in [1.165, 1.54) is 0 Å². The lowest BCUT2D eigenvalue weighted by Crippen LogP contribution is -2.27. The summed E-state index contributed by atoms with van der Waals surface area (Å²) in [6.07, 6.45) is 2.80. The van der Waals surface area contributed by atoms with E-state index in [0.29, 0.717) is 0 Å². The third-order valence-electron chi connectivity index (χ3n) is 4.44. The summed E-state index contributed by atoms with van der Waals surface area (Å²) in [5, 5.41) is 10.9. The second kappa shape index (κ2) is 5.62. The predicted molar refractivity (Wildman–Crippen MR) is 95.1 cm³/mol. The monoisotopic (exact) mass is 318 g/mol. The van der Waals surface area contributed by atoms with Gasteiger partial charge in [-0.25, -0.2) is 9.97 Å². The number of benzene rings is 1. The molecule has 3 aromatic rings. The average molecular weight is 318 g/mol. The molecule has 1 aliphatic rings. The van der Waals surface area contributed by atoms with Gasteiger partial charge >= 0.3 is 0 Å². The molecule has 120 valence electrons. The van der Waals surface area contributed by atoms with E-state index in [1.54, 1.807) is 12.4 Å². The summed E-state index contributed by atoms with van der Waals surface area (Å²) in [4.78, 5) is 13.0.